The van der Waals surface area contributed by atoms with Crippen LogP contribution in [0.15, 0.2) is 115 Å². The van der Waals surface area contributed by atoms with E-state index in [-0.39, 0.29) is 0 Å². The summed E-state index contributed by atoms with van der Waals surface area (Å²) in [7, 11) is 1.76. The first-order valence-electron chi connectivity index (χ1n) is 16.5. The second kappa shape index (κ2) is 11.5. The Morgan fingerprint density at radius 2 is 1.23 bits per heavy atom. The average molecular weight is 624 g/mol. The Labute approximate surface area is 281 Å². The molecule has 0 spiro atoms. The average Bonchev–Trinajstić information content (AvgIpc) is 3.50. The molecule has 4 nitrogen and oxygen atoms in total. The molecule has 48 heavy (non-hydrogen) atoms. The van der Waals surface area contributed by atoms with E-state index in [1.807, 2.05) is 17.5 Å². The van der Waals surface area contributed by atoms with Crippen LogP contribution in [0.5, 0.6) is 5.75 Å². The molecule has 0 saturated heterocycles. The molecule has 0 fully saturated rings. The fourth-order valence-corrected chi connectivity index (χ4v) is 7.43. The summed E-state index contributed by atoms with van der Waals surface area (Å²) >= 11 is 0. The van der Waals surface area contributed by atoms with Crippen molar-refractivity contribution in [3.63, 3.8) is 0 Å². The smallest absolute Gasteiger partial charge is 0.134 e. The van der Waals surface area contributed by atoms with Crippen LogP contribution >= 0.6 is 0 Å². The van der Waals surface area contributed by atoms with E-state index in [1.54, 1.807) is 7.11 Å². The second-order valence-corrected chi connectivity index (χ2v) is 13.0. The molecule has 0 aliphatic heterocycles. The van der Waals surface area contributed by atoms with E-state index in [2.05, 4.69) is 137 Å². The number of aromatic nitrogens is 3. The van der Waals surface area contributed by atoms with Crippen LogP contribution in [0.25, 0.3) is 72.0 Å². The maximum atomic E-state index is 6.01. The molecule has 3 aromatic heterocycles. The Morgan fingerprint density at radius 3 is 1.92 bits per heavy atom. The van der Waals surface area contributed by atoms with Crippen molar-refractivity contribution in [1.82, 2.24) is 14.6 Å². The van der Waals surface area contributed by atoms with Gasteiger partial charge in [-0.2, -0.15) is 5.10 Å². The largest absolute Gasteiger partial charge is 0.495 e. The van der Waals surface area contributed by atoms with Gasteiger partial charge in [-0.05, 0) is 109 Å². The summed E-state index contributed by atoms with van der Waals surface area (Å²) < 4.78 is 8.06. The van der Waals surface area contributed by atoms with Crippen LogP contribution in [0, 0.1) is 34.6 Å². The van der Waals surface area contributed by atoms with Crippen molar-refractivity contribution in [2.24, 2.45) is 0 Å². The predicted molar refractivity (Wildman–Crippen MR) is 200 cm³/mol. The molecular formula is C44H37N3O. The Balaban J connectivity index is 1.19. The number of hydrogen-bond donors (Lipinski definition) is 0. The van der Waals surface area contributed by atoms with Crippen LogP contribution in [0.4, 0.5) is 0 Å². The third-order valence-corrected chi connectivity index (χ3v) is 9.56. The number of fused-ring (bicyclic) bond motifs is 6. The van der Waals surface area contributed by atoms with Crippen molar-refractivity contribution >= 4 is 27.3 Å². The van der Waals surface area contributed by atoms with Gasteiger partial charge in [0.25, 0.3) is 0 Å². The molecular weight excluding hydrogens is 587 g/mol. The molecule has 5 aromatic carbocycles. The zero-order valence-electron chi connectivity index (χ0n) is 28.2. The van der Waals surface area contributed by atoms with Gasteiger partial charge < -0.3 is 4.74 Å². The maximum absolute atomic E-state index is 6.01. The summed E-state index contributed by atoms with van der Waals surface area (Å²) in [5, 5.41) is 7.20. The van der Waals surface area contributed by atoms with Crippen molar-refractivity contribution < 1.29 is 4.74 Å². The van der Waals surface area contributed by atoms with Gasteiger partial charge in [0.15, 0.2) is 0 Å². The standard InChI is InChI=1S/C44H37N3O/c1-26-21-36(32-12-8-7-9-13-32)44(48-6)37(22-26)33-17-15-31(16-18-33)34-23-28(3)41(29(4)24-34)38-19-20-39-43(45-38)42-27(2)11-10-14-35(42)40-25-30(5)46-47(39)40/h7-25H,1-6H3. The number of ether oxygens (including phenoxy) is 1. The summed E-state index contributed by atoms with van der Waals surface area (Å²) in [6.07, 6.45) is 0. The minimum Gasteiger partial charge on any atom is -0.495 e. The van der Waals surface area contributed by atoms with E-state index < -0.39 is 0 Å². The van der Waals surface area contributed by atoms with Gasteiger partial charge in [0.05, 0.1) is 35.0 Å². The summed E-state index contributed by atoms with van der Waals surface area (Å²) in [6.45, 7) is 10.7. The van der Waals surface area contributed by atoms with E-state index >= 15 is 0 Å². The van der Waals surface area contributed by atoms with Gasteiger partial charge in [-0.1, -0.05) is 84.9 Å². The van der Waals surface area contributed by atoms with E-state index in [9.17, 15) is 0 Å². The van der Waals surface area contributed by atoms with Crippen molar-refractivity contribution in [1.29, 1.82) is 0 Å². The van der Waals surface area contributed by atoms with Crippen LogP contribution in [-0.4, -0.2) is 21.7 Å². The number of methoxy groups -OCH3 is 1. The Kier molecular flexibility index (Phi) is 7.10. The summed E-state index contributed by atoms with van der Waals surface area (Å²) in [6, 6.07) is 41.2. The molecule has 234 valence electrons. The SMILES string of the molecule is COc1c(-c2ccccc2)cc(C)cc1-c1ccc(-c2cc(C)c(-c3ccc4c(n3)c3c(C)cccc3c3cc(C)nn34)c(C)c2)cc1. The first-order valence-corrected chi connectivity index (χ1v) is 16.5. The van der Waals surface area contributed by atoms with Crippen molar-refractivity contribution in [3.8, 4) is 50.4 Å². The van der Waals surface area contributed by atoms with Gasteiger partial charge in [-0.25, -0.2) is 9.50 Å². The number of aryl methyl sites for hydroxylation is 5. The lowest BCUT2D eigenvalue weighted by Crippen LogP contribution is -1.98. The van der Waals surface area contributed by atoms with Gasteiger partial charge in [-0.15, -0.1) is 0 Å². The van der Waals surface area contributed by atoms with Gasteiger partial charge in [0.1, 0.15) is 5.75 Å². The predicted octanol–water partition coefficient (Wildman–Crippen LogP) is 11.3. The summed E-state index contributed by atoms with van der Waals surface area (Å²) in [5.74, 6) is 0.893. The molecule has 4 heteroatoms. The number of hydrogen-bond acceptors (Lipinski definition) is 3. The lowest BCUT2D eigenvalue weighted by atomic mass is 9.91. The molecule has 0 aliphatic rings. The molecule has 0 unspecified atom stereocenters. The van der Waals surface area contributed by atoms with E-state index in [0.717, 1.165) is 55.9 Å². The third-order valence-electron chi connectivity index (χ3n) is 9.56. The quantitative estimate of drug-likeness (QED) is 0.179. The Hall–Kier alpha value is -5.74. The highest BCUT2D eigenvalue weighted by atomic mass is 16.5. The number of rotatable bonds is 5. The van der Waals surface area contributed by atoms with Gasteiger partial charge in [0.2, 0.25) is 0 Å². The highest BCUT2D eigenvalue weighted by Gasteiger charge is 2.18. The molecule has 0 amide bonds. The van der Waals surface area contributed by atoms with E-state index in [4.69, 9.17) is 14.8 Å². The monoisotopic (exact) mass is 623 g/mol. The lowest BCUT2D eigenvalue weighted by Gasteiger charge is -2.17. The Morgan fingerprint density at radius 1 is 0.562 bits per heavy atom. The Bertz CT molecular complexity index is 2500. The lowest BCUT2D eigenvalue weighted by molar-refractivity contribution is 0.418. The van der Waals surface area contributed by atoms with Crippen LogP contribution < -0.4 is 4.74 Å². The summed E-state index contributed by atoms with van der Waals surface area (Å²) in [5.41, 5.74) is 17.9. The van der Waals surface area contributed by atoms with Crippen LogP contribution in [0.2, 0.25) is 0 Å². The second-order valence-electron chi connectivity index (χ2n) is 13.0. The molecule has 0 N–H and O–H groups in total. The fourth-order valence-electron chi connectivity index (χ4n) is 7.43. The number of nitrogens with zero attached hydrogens (tertiary/aromatic N) is 3. The normalized spacial score (nSPS) is 11.5. The minimum atomic E-state index is 0.893. The van der Waals surface area contributed by atoms with E-state index in [0.29, 0.717) is 0 Å². The van der Waals surface area contributed by atoms with Crippen molar-refractivity contribution in [2.45, 2.75) is 34.6 Å². The zero-order valence-corrected chi connectivity index (χ0v) is 28.2. The third kappa shape index (κ3) is 4.84. The van der Waals surface area contributed by atoms with Crippen LogP contribution in [0.3, 0.4) is 0 Å². The minimum absolute atomic E-state index is 0.893. The first kappa shape index (κ1) is 29.6. The highest BCUT2D eigenvalue weighted by Crippen LogP contribution is 2.41. The molecule has 3 heterocycles. The maximum Gasteiger partial charge on any atom is 0.134 e. The topological polar surface area (TPSA) is 39.4 Å². The highest BCUT2D eigenvalue weighted by molar-refractivity contribution is 6.12. The van der Waals surface area contributed by atoms with Gasteiger partial charge in [0, 0.05) is 27.5 Å². The molecule has 0 saturated carbocycles. The van der Waals surface area contributed by atoms with Crippen molar-refractivity contribution in [3.05, 3.63) is 143 Å². The zero-order chi connectivity index (χ0) is 33.1. The molecule has 8 aromatic rings. The number of pyridine rings is 2. The fraction of sp³-hybridized carbons (Fsp3) is 0.136. The van der Waals surface area contributed by atoms with Gasteiger partial charge >= 0.3 is 0 Å². The molecule has 8 rings (SSSR count). The number of benzene rings is 5. The molecule has 0 aliphatic carbocycles. The summed E-state index contributed by atoms with van der Waals surface area (Å²) in [4.78, 5) is 5.34. The van der Waals surface area contributed by atoms with Crippen LogP contribution in [-0.2, 0) is 0 Å². The van der Waals surface area contributed by atoms with E-state index in [1.165, 1.54) is 49.7 Å². The van der Waals surface area contributed by atoms with Crippen LogP contribution in [0.1, 0.15) is 27.9 Å². The molecule has 0 radical (unpaired) electrons. The first-order chi connectivity index (χ1) is 23.3. The molecule has 0 atom stereocenters. The van der Waals surface area contributed by atoms with Gasteiger partial charge in [-0.3, -0.25) is 0 Å². The molecule has 0 bridgehead atoms. The van der Waals surface area contributed by atoms with Crippen molar-refractivity contribution in [2.75, 3.05) is 7.11 Å².